The van der Waals surface area contributed by atoms with Gasteiger partial charge in [-0.2, -0.15) is 0 Å². The zero-order valence-electron chi connectivity index (χ0n) is 10.7. The maximum absolute atomic E-state index is 11.7. The van der Waals surface area contributed by atoms with Gasteiger partial charge in [0.05, 0.1) is 0 Å². The first kappa shape index (κ1) is 13.3. The average Bonchev–Trinajstić information content (AvgIpc) is 2.28. The summed E-state index contributed by atoms with van der Waals surface area (Å²) < 4.78 is 0. The van der Waals surface area contributed by atoms with Crippen molar-refractivity contribution >= 4 is 17.5 Å². The number of nitrogens with zero attached hydrogens (tertiary/aromatic N) is 1. The fourth-order valence-corrected chi connectivity index (χ4v) is 1.35. The summed E-state index contributed by atoms with van der Waals surface area (Å²) >= 11 is 0. The molecule has 17 heavy (non-hydrogen) atoms. The van der Waals surface area contributed by atoms with E-state index in [9.17, 15) is 4.79 Å². The van der Waals surface area contributed by atoms with Gasteiger partial charge in [-0.15, -0.1) is 0 Å². The van der Waals surface area contributed by atoms with E-state index in [1.54, 1.807) is 7.05 Å². The standard InChI is InChI=1S/C12H20N4O/c1-8(2)14-12(17)9(3)15-11-7-5-6-10(13-4)16-11/h5-9H,1-4H3,(H,14,17)(H2,13,15,16). The van der Waals surface area contributed by atoms with Crippen molar-refractivity contribution in [1.82, 2.24) is 10.3 Å². The number of amides is 1. The van der Waals surface area contributed by atoms with Gasteiger partial charge in [0.1, 0.15) is 17.7 Å². The quantitative estimate of drug-likeness (QED) is 0.724. The molecule has 0 radical (unpaired) electrons. The van der Waals surface area contributed by atoms with Crippen LogP contribution in [0.3, 0.4) is 0 Å². The predicted molar refractivity (Wildman–Crippen MR) is 70.1 cm³/mol. The third kappa shape index (κ3) is 4.30. The van der Waals surface area contributed by atoms with Gasteiger partial charge in [0, 0.05) is 13.1 Å². The number of anilines is 2. The third-order valence-electron chi connectivity index (χ3n) is 2.19. The Balaban J connectivity index is 2.60. The first-order chi connectivity index (χ1) is 8.02. The van der Waals surface area contributed by atoms with Crippen molar-refractivity contribution < 1.29 is 4.79 Å². The Labute approximate surface area is 102 Å². The number of nitrogens with one attached hydrogen (secondary N) is 3. The average molecular weight is 236 g/mol. The molecular weight excluding hydrogens is 216 g/mol. The number of rotatable bonds is 5. The van der Waals surface area contributed by atoms with Crippen molar-refractivity contribution in [1.29, 1.82) is 0 Å². The number of hydrogen-bond donors (Lipinski definition) is 3. The minimum absolute atomic E-state index is 0.0309. The molecule has 0 aliphatic heterocycles. The Morgan fingerprint density at radius 1 is 1.24 bits per heavy atom. The highest BCUT2D eigenvalue weighted by Gasteiger charge is 2.13. The van der Waals surface area contributed by atoms with Crippen molar-refractivity contribution in [3.8, 4) is 0 Å². The monoisotopic (exact) mass is 236 g/mol. The Bertz CT molecular complexity index is 379. The molecule has 0 aliphatic carbocycles. The van der Waals surface area contributed by atoms with E-state index in [4.69, 9.17) is 0 Å². The molecule has 1 unspecified atom stereocenters. The molecule has 1 atom stereocenters. The van der Waals surface area contributed by atoms with Crippen LogP contribution in [-0.2, 0) is 4.79 Å². The molecule has 1 rings (SSSR count). The van der Waals surface area contributed by atoms with E-state index in [2.05, 4.69) is 20.9 Å². The van der Waals surface area contributed by atoms with Crippen molar-refractivity contribution in [2.45, 2.75) is 32.9 Å². The molecule has 1 aromatic rings. The van der Waals surface area contributed by atoms with Crippen LogP contribution in [0.2, 0.25) is 0 Å². The number of aromatic nitrogens is 1. The van der Waals surface area contributed by atoms with Gasteiger partial charge in [-0.05, 0) is 32.9 Å². The molecule has 1 heterocycles. The van der Waals surface area contributed by atoms with E-state index >= 15 is 0 Å². The summed E-state index contributed by atoms with van der Waals surface area (Å²) in [5.41, 5.74) is 0. The Kier molecular flexibility index (Phi) is 4.75. The Morgan fingerprint density at radius 2 is 1.88 bits per heavy atom. The van der Waals surface area contributed by atoms with E-state index in [1.807, 2.05) is 39.0 Å². The summed E-state index contributed by atoms with van der Waals surface area (Å²) in [5, 5.41) is 8.86. The molecule has 0 spiro atoms. The summed E-state index contributed by atoms with van der Waals surface area (Å²) in [6.07, 6.45) is 0. The van der Waals surface area contributed by atoms with Gasteiger partial charge >= 0.3 is 0 Å². The molecule has 0 fully saturated rings. The number of carbonyl (C=O) groups excluding carboxylic acids is 1. The van der Waals surface area contributed by atoms with E-state index in [0.29, 0.717) is 5.82 Å². The first-order valence-corrected chi connectivity index (χ1v) is 5.74. The van der Waals surface area contributed by atoms with Crippen molar-refractivity contribution in [3.63, 3.8) is 0 Å². The molecule has 94 valence electrons. The fourth-order valence-electron chi connectivity index (χ4n) is 1.35. The van der Waals surface area contributed by atoms with Gasteiger partial charge in [0.2, 0.25) is 5.91 Å². The molecule has 5 nitrogen and oxygen atoms in total. The van der Waals surface area contributed by atoms with Crippen molar-refractivity contribution in [2.24, 2.45) is 0 Å². The molecule has 0 bridgehead atoms. The van der Waals surface area contributed by atoms with E-state index in [-0.39, 0.29) is 18.0 Å². The highest BCUT2D eigenvalue weighted by Crippen LogP contribution is 2.09. The van der Waals surface area contributed by atoms with Gasteiger partial charge in [-0.1, -0.05) is 6.07 Å². The second-order valence-electron chi connectivity index (χ2n) is 4.19. The zero-order valence-corrected chi connectivity index (χ0v) is 10.7. The molecule has 5 heteroatoms. The van der Waals surface area contributed by atoms with Crippen LogP contribution in [0.1, 0.15) is 20.8 Å². The summed E-state index contributed by atoms with van der Waals surface area (Å²) in [6.45, 7) is 5.68. The highest BCUT2D eigenvalue weighted by atomic mass is 16.2. The summed E-state index contributed by atoms with van der Waals surface area (Å²) in [7, 11) is 1.81. The normalized spacial score (nSPS) is 12.1. The molecule has 0 aliphatic rings. The Hall–Kier alpha value is -1.78. The Morgan fingerprint density at radius 3 is 2.47 bits per heavy atom. The first-order valence-electron chi connectivity index (χ1n) is 5.74. The van der Waals surface area contributed by atoms with Gasteiger partial charge in [-0.25, -0.2) is 4.98 Å². The van der Waals surface area contributed by atoms with Crippen LogP contribution in [0.5, 0.6) is 0 Å². The van der Waals surface area contributed by atoms with Crippen LogP contribution in [0, 0.1) is 0 Å². The van der Waals surface area contributed by atoms with Crippen molar-refractivity contribution in [3.05, 3.63) is 18.2 Å². The minimum atomic E-state index is -0.308. The molecule has 0 saturated heterocycles. The van der Waals surface area contributed by atoms with Crippen LogP contribution in [0.4, 0.5) is 11.6 Å². The lowest BCUT2D eigenvalue weighted by Gasteiger charge is -2.16. The molecule has 0 saturated carbocycles. The number of carbonyl (C=O) groups is 1. The predicted octanol–water partition coefficient (Wildman–Crippen LogP) is 1.45. The van der Waals surface area contributed by atoms with Crippen LogP contribution in [0.25, 0.3) is 0 Å². The SMILES string of the molecule is CNc1cccc(NC(C)C(=O)NC(C)C)n1. The highest BCUT2D eigenvalue weighted by molar-refractivity contribution is 5.84. The van der Waals surface area contributed by atoms with Crippen molar-refractivity contribution in [2.75, 3.05) is 17.7 Å². The lowest BCUT2D eigenvalue weighted by molar-refractivity contribution is -0.122. The lowest BCUT2D eigenvalue weighted by atomic mass is 10.2. The molecule has 3 N–H and O–H groups in total. The maximum Gasteiger partial charge on any atom is 0.242 e. The van der Waals surface area contributed by atoms with Gasteiger partial charge in [-0.3, -0.25) is 4.79 Å². The van der Waals surface area contributed by atoms with Crippen LogP contribution >= 0.6 is 0 Å². The largest absolute Gasteiger partial charge is 0.373 e. The smallest absolute Gasteiger partial charge is 0.242 e. The van der Waals surface area contributed by atoms with Gasteiger partial charge in [0.25, 0.3) is 0 Å². The molecule has 1 aromatic heterocycles. The van der Waals surface area contributed by atoms with Gasteiger partial charge < -0.3 is 16.0 Å². The van der Waals surface area contributed by atoms with Crippen LogP contribution in [-0.4, -0.2) is 30.0 Å². The zero-order chi connectivity index (χ0) is 12.8. The maximum atomic E-state index is 11.7. The fraction of sp³-hybridized carbons (Fsp3) is 0.500. The number of hydrogen-bond acceptors (Lipinski definition) is 4. The lowest BCUT2D eigenvalue weighted by Crippen LogP contribution is -2.41. The topological polar surface area (TPSA) is 66.0 Å². The minimum Gasteiger partial charge on any atom is -0.373 e. The molecular formula is C12H20N4O. The van der Waals surface area contributed by atoms with Gasteiger partial charge in [0.15, 0.2) is 0 Å². The van der Waals surface area contributed by atoms with E-state index in [0.717, 1.165) is 5.82 Å². The van der Waals surface area contributed by atoms with Crippen LogP contribution in [0.15, 0.2) is 18.2 Å². The summed E-state index contributed by atoms with van der Waals surface area (Å²) in [5.74, 6) is 1.42. The third-order valence-corrected chi connectivity index (χ3v) is 2.19. The van der Waals surface area contributed by atoms with Crippen LogP contribution < -0.4 is 16.0 Å². The summed E-state index contributed by atoms with van der Waals surface area (Å²) in [4.78, 5) is 16.0. The molecule has 1 amide bonds. The second-order valence-corrected chi connectivity index (χ2v) is 4.19. The number of pyridine rings is 1. The second kappa shape index (κ2) is 6.08. The van der Waals surface area contributed by atoms with E-state index in [1.165, 1.54) is 0 Å². The summed E-state index contributed by atoms with van der Waals surface area (Å²) in [6, 6.07) is 5.42. The van der Waals surface area contributed by atoms with E-state index < -0.39 is 0 Å². The molecule has 0 aromatic carbocycles.